The third-order valence-electron chi connectivity index (χ3n) is 4.75. The van der Waals surface area contributed by atoms with E-state index in [1.165, 1.54) is 0 Å². The zero-order valence-electron chi connectivity index (χ0n) is 17.7. The van der Waals surface area contributed by atoms with Gasteiger partial charge in [0.25, 0.3) is 0 Å². The molecular formula is C24H26O6. The zero-order chi connectivity index (χ0) is 22.4. The van der Waals surface area contributed by atoms with E-state index in [-0.39, 0.29) is 50.7 Å². The predicted molar refractivity (Wildman–Crippen MR) is 118 cm³/mol. The van der Waals surface area contributed by atoms with E-state index in [1.54, 1.807) is 6.08 Å². The highest BCUT2D eigenvalue weighted by molar-refractivity contribution is 6.00. The van der Waals surface area contributed by atoms with E-state index in [4.69, 9.17) is 4.42 Å². The van der Waals surface area contributed by atoms with Crippen molar-refractivity contribution < 1.29 is 24.8 Å². The molecule has 1 aromatic heterocycles. The van der Waals surface area contributed by atoms with Crippen LogP contribution in [0.4, 0.5) is 0 Å². The molecule has 6 nitrogen and oxygen atoms in total. The molecule has 0 bridgehead atoms. The molecular weight excluding hydrogens is 384 g/mol. The van der Waals surface area contributed by atoms with Crippen molar-refractivity contribution in [2.45, 2.75) is 41.0 Å². The Balaban J connectivity index is 2.49. The summed E-state index contributed by atoms with van der Waals surface area (Å²) in [6.45, 7) is 9.69. The average Bonchev–Trinajstić information content (AvgIpc) is 2.60. The normalized spacial score (nSPS) is 12.2. The summed E-state index contributed by atoms with van der Waals surface area (Å²) in [5.74, 6) is -1.49. The van der Waals surface area contributed by atoms with E-state index < -0.39 is 22.7 Å². The minimum Gasteiger partial charge on any atom is -0.507 e. The molecule has 0 aliphatic rings. The lowest BCUT2D eigenvalue weighted by Gasteiger charge is -2.14. The SMILES string of the molecule is CC(C)=CCc1c(O)c(O)cc2oc3c(/C=C/C(C)(C)C)c(O)cc(O)c3c(=O)c12. The Kier molecular flexibility index (Phi) is 5.29. The number of hydrogen-bond donors (Lipinski definition) is 4. The monoisotopic (exact) mass is 410 g/mol. The van der Waals surface area contributed by atoms with E-state index >= 15 is 0 Å². The van der Waals surface area contributed by atoms with Crippen LogP contribution in [0.2, 0.25) is 0 Å². The van der Waals surface area contributed by atoms with Crippen LogP contribution in [0, 0.1) is 5.41 Å². The third-order valence-corrected chi connectivity index (χ3v) is 4.75. The summed E-state index contributed by atoms with van der Waals surface area (Å²) in [5.41, 5.74) is 0.727. The van der Waals surface area contributed by atoms with Crippen LogP contribution in [0.15, 0.2) is 39.1 Å². The van der Waals surface area contributed by atoms with Crippen LogP contribution in [0.3, 0.4) is 0 Å². The largest absolute Gasteiger partial charge is 0.507 e. The van der Waals surface area contributed by atoms with E-state index in [1.807, 2.05) is 46.8 Å². The van der Waals surface area contributed by atoms with Gasteiger partial charge in [-0.2, -0.15) is 0 Å². The highest BCUT2D eigenvalue weighted by Crippen LogP contribution is 2.40. The Morgan fingerprint density at radius 3 is 2.27 bits per heavy atom. The standard InChI is InChI=1S/C24H26O6/c1-12(2)6-7-14-19-18(11-17(27)21(14)28)30-23-13(8-9-24(3,4)5)15(25)10-16(26)20(23)22(19)29/h6,8-11,25-28H,7H2,1-5H3/b9-8+. The second-order valence-corrected chi connectivity index (χ2v) is 8.74. The molecule has 0 atom stereocenters. The summed E-state index contributed by atoms with van der Waals surface area (Å²) in [6, 6.07) is 2.26. The van der Waals surface area contributed by atoms with Crippen molar-refractivity contribution in [3.05, 3.63) is 51.2 Å². The van der Waals surface area contributed by atoms with Crippen molar-refractivity contribution in [1.29, 1.82) is 0 Å². The summed E-state index contributed by atoms with van der Waals surface area (Å²) in [6.07, 6.45) is 5.49. The molecule has 1 heterocycles. The second kappa shape index (κ2) is 7.44. The minimum absolute atomic E-state index is 0.00348. The van der Waals surface area contributed by atoms with Crippen molar-refractivity contribution in [3.8, 4) is 23.0 Å². The third kappa shape index (κ3) is 3.85. The van der Waals surface area contributed by atoms with Crippen LogP contribution in [0.5, 0.6) is 23.0 Å². The molecule has 0 saturated carbocycles. The van der Waals surface area contributed by atoms with Crippen molar-refractivity contribution in [1.82, 2.24) is 0 Å². The molecule has 0 amide bonds. The fraction of sp³-hybridized carbons (Fsp3) is 0.292. The van der Waals surface area contributed by atoms with Crippen LogP contribution in [-0.4, -0.2) is 20.4 Å². The molecule has 3 rings (SSSR count). The average molecular weight is 410 g/mol. The summed E-state index contributed by atoms with van der Waals surface area (Å²) in [4.78, 5) is 13.4. The minimum atomic E-state index is -0.554. The number of phenols is 4. The Bertz CT molecular complexity index is 1270. The molecule has 6 heteroatoms. The molecule has 0 radical (unpaired) electrons. The van der Waals surface area contributed by atoms with Crippen LogP contribution >= 0.6 is 0 Å². The highest BCUT2D eigenvalue weighted by Gasteiger charge is 2.22. The van der Waals surface area contributed by atoms with Gasteiger partial charge in [-0.3, -0.25) is 4.79 Å². The Morgan fingerprint density at radius 2 is 1.67 bits per heavy atom. The van der Waals surface area contributed by atoms with E-state index in [9.17, 15) is 25.2 Å². The van der Waals surface area contributed by atoms with Gasteiger partial charge in [0.1, 0.15) is 22.5 Å². The maximum absolute atomic E-state index is 13.4. The first kappa shape index (κ1) is 21.3. The first-order valence-electron chi connectivity index (χ1n) is 9.62. The molecule has 158 valence electrons. The number of hydrogen-bond acceptors (Lipinski definition) is 6. The van der Waals surface area contributed by atoms with Crippen molar-refractivity contribution >= 4 is 28.0 Å². The van der Waals surface area contributed by atoms with Crippen LogP contribution in [0.25, 0.3) is 28.0 Å². The number of allylic oxidation sites excluding steroid dienone is 3. The molecule has 4 N–H and O–H groups in total. The van der Waals surface area contributed by atoms with Gasteiger partial charge in [-0.1, -0.05) is 44.6 Å². The topological polar surface area (TPSA) is 111 Å². The maximum Gasteiger partial charge on any atom is 0.204 e. The summed E-state index contributed by atoms with van der Waals surface area (Å²) in [7, 11) is 0. The van der Waals surface area contributed by atoms with Crippen molar-refractivity contribution in [3.63, 3.8) is 0 Å². The van der Waals surface area contributed by atoms with Gasteiger partial charge in [0.2, 0.25) is 5.43 Å². The van der Waals surface area contributed by atoms with Crippen LogP contribution < -0.4 is 5.43 Å². The van der Waals surface area contributed by atoms with Gasteiger partial charge < -0.3 is 24.8 Å². The summed E-state index contributed by atoms with van der Waals surface area (Å²) < 4.78 is 5.91. The fourth-order valence-electron chi connectivity index (χ4n) is 3.22. The van der Waals surface area contributed by atoms with E-state index in [2.05, 4.69) is 0 Å². The second-order valence-electron chi connectivity index (χ2n) is 8.74. The number of rotatable bonds is 3. The van der Waals surface area contributed by atoms with E-state index in [0.717, 1.165) is 17.7 Å². The predicted octanol–water partition coefficient (Wildman–Crippen LogP) is 5.34. The molecule has 3 aromatic rings. The Morgan fingerprint density at radius 1 is 1.00 bits per heavy atom. The molecule has 0 unspecified atom stereocenters. The number of fused-ring (bicyclic) bond motifs is 2. The lowest BCUT2D eigenvalue weighted by molar-refractivity contribution is 0.400. The van der Waals surface area contributed by atoms with Gasteiger partial charge in [-0.15, -0.1) is 0 Å². The fourth-order valence-corrected chi connectivity index (χ4v) is 3.22. The van der Waals surface area contributed by atoms with Crippen molar-refractivity contribution in [2.24, 2.45) is 5.41 Å². The van der Waals surface area contributed by atoms with Gasteiger partial charge in [0.15, 0.2) is 17.1 Å². The molecule has 0 fully saturated rings. The lowest BCUT2D eigenvalue weighted by atomic mass is 9.94. The van der Waals surface area contributed by atoms with Gasteiger partial charge in [-0.05, 0) is 25.7 Å². The van der Waals surface area contributed by atoms with Crippen molar-refractivity contribution in [2.75, 3.05) is 0 Å². The number of phenolic OH excluding ortho intramolecular Hbond substituents is 4. The molecule has 0 aliphatic heterocycles. The van der Waals surface area contributed by atoms with Gasteiger partial charge in [0.05, 0.1) is 10.9 Å². The van der Waals surface area contributed by atoms with Gasteiger partial charge in [-0.25, -0.2) is 0 Å². The summed E-state index contributed by atoms with van der Waals surface area (Å²) in [5, 5.41) is 41.3. The van der Waals surface area contributed by atoms with Gasteiger partial charge in [0, 0.05) is 17.7 Å². The highest BCUT2D eigenvalue weighted by atomic mass is 16.3. The molecule has 0 saturated heterocycles. The molecule has 2 aromatic carbocycles. The van der Waals surface area contributed by atoms with Crippen LogP contribution in [-0.2, 0) is 6.42 Å². The molecule has 0 aliphatic carbocycles. The number of benzene rings is 2. The zero-order valence-corrected chi connectivity index (χ0v) is 17.7. The number of aromatic hydroxyl groups is 4. The van der Waals surface area contributed by atoms with Gasteiger partial charge >= 0.3 is 0 Å². The lowest BCUT2D eigenvalue weighted by Crippen LogP contribution is -2.07. The smallest absolute Gasteiger partial charge is 0.204 e. The Hall–Kier alpha value is -3.41. The Labute approximate surface area is 174 Å². The van der Waals surface area contributed by atoms with E-state index in [0.29, 0.717) is 0 Å². The summed E-state index contributed by atoms with van der Waals surface area (Å²) >= 11 is 0. The molecule has 0 spiro atoms. The molecule has 30 heavy (non-hydrogen) atoms. The quantitative estimate of drug-likeness (QED) is 0.264. The van der Waals surface area contributed by atoms with Crippen LogP contribution in [0.1, 0.15) is 45.7 Å². The maximum atomic E-state index is 13.4. The first-order valence-corrected chi connectivity index (χ1v) is 9.62. The first-order chi connectivity index (χ1) is 13.9.